The summed E-state index contributed by atoms with van der Waals surface area (Å²) in [5, 5.41) is 4.88. The summed E-state index contributed by atoms with van der Waals surface area (Å²) in [6.45, 7) is 5.91. The van der Waals surface area contributed by atoms with Crippen LogP contribution in [0.4, 0.5) is 9.18 Å². The van der Waals surface area contributed by atoms with Crippen molar-refractivity contribution in [2.24, 2.45) is 0 Å². The van der Waals surface area contributed by atoms with Gasteiger partial charge in [0.05, 0.1) is 13.0 Å². The van der Waals surface area contributed by atoms with E-state index in [9.17, 15) is 18.8 Å². The van der Waals surface area contributed by atoms with Crippen molar-refractivity contribution in [1.82, 2.24) is 20.4 Å². The van der Waals surface area contributed by atoms with Crippen LogP contribution in [0, 0.1) is 5.82 Å². The standard InChI is InChI=1S/C18H25FN4O3/c1-13(2)20-18(26)21-16(24)12-22-7-9-23(10-8-22)17(25)11-14-3-5-15(19)6-4-14/h3-6,13H,7-12H2,1-2H3,(H2,20,21,24,26). The van der Waals surface area contributed by atoms with Crippen LogP contribution in [0.5, 0.6) is 0 Å². The molecule has 1 aliphatic rings. The molecule has 1 saturated heterocycles. The third kappa shape index (κ3) is 6.44. The van der Waals surface area contributed by atoms with Gasteiger partial charge in [0.15, 0.2) is 0 Å². The van der Waals surface area contributed by atoms with Crippen LogP contribution in [0.3, 0.4) is 0 Å². The molecule has 0 spiro atoms. The second-order valence-electron chi connectivity index (χ2n) is 6.64. The fraction of sp³-hybridized carbons (Fsp3) is 0.500. The summed E-state index contributed by atoms with van der Waals surface area (Å²) in [6, 6.07) is 5.35. The van der Waals surface area contributed by atoms with Crippen molar-refractivity contribution in [2.45, 2.75) is 26.3 Å². The molecule has 142 valence electrons. The first-order valence-corrected chi connectivity index (χ1v) is 8.68. The largest absolute Gasteiger partial charge is 0.340 e. The molecule has 2 N–H and O–H groups in total. The Morgan fingerprint density at radius 2 is 1.69 bits per heavy atom. The minimum absolute atomic E-state index is 0.0166. The number of halogens is 1. The van der Waals surface area contributed by atoms with E-state index < -0.39 is 6.03 Å². The zero-order valence-corrected chi connectivity index (χ0v) is 15.1. The van der Waals surface area contributed by atoms with Crippen molar-refractivity contribution < 1.29 is 18.8 Å². The van der Waals surface area contributed by atoms with Crippen LogP contribution < -0.4 is 10.6 Å². The molecule has 1 aromatic carbocycles. The van der Waals surface area contributed by atoms with E-state index in [4.69, 9.17) is 0 Å². The lowest BCUT2D eigenvalue weighted by molar-refractivity contribution is -0.132. The molecule has 0 unspecified atom stereocenters. The van der Waals surface area contributed by atoms with Gasteiger partial charge in [-0.05, 0) is 31.5 Å². The number of nitrogens with zero attached hydrogens (tertiary/aromatic N) is 2. The minimum Gasteiger partial charge on any atom is -0.340 e. The number of piperazine rings is 1. The number of benzene rings is 1. The Morgan fingerprint density at radius 1 is 1.08 bits per heavy atom. The first-order valence-electron chi connectivity index (χ1n) is 8.68. The highest BCUT2D eigenvalue weighted by molar-refractivity contribution is 5.95. The zero-order valence-electron chi connectivity index (χ0n) is 15.1. The van der Waals surface area contributed by atoms with Crippen LogP contribution in [0.15, 0.2) is 24.3 Å². The Morgan fingerprint density at radius 3 is 2.27 bits per heavy atom. The van der Waals surface area contributed by atoms with Gasteiger partial charge in [0.1, 0.15) is 5.82 Å². The predicted octanol–water partition coefficient (Wildman–Crippen LogP) is 0.747. The van der Waals surface area contributed by atoms with Gasteiger partial charge in [-0.3, -0.25) is 19.8 Å². The number of nitrogens with one attached hydrogen (secondary N) is 2. The number of amides is 4. The van der Waals surface area contributed by atoms with Gasteiger partial charge in [0, 0.05) is 32.2 Å². The molecule has 8 heteroatoms. The van der Waals surface area contributed by atoms with Gasteiger partial charge in [-0.2, -0.15) is 0 Å². The van der Waals surface area contributed by atoms with Gasteiger partial charge < -0.3 is 10.2 Å². The van der Waals surface area contributed by atoms with Crippen molar-refractivity contribution in [3.05, 3.63) is 35.6 Å². The van der Waals surface area contributed by atoms with Gasteiger partial charge in [0.2, 0.25) is 11.8 Å². The van der Waals surface area contributed by atoms with Gasteiger partial charge in [-0.1, -0.05) is 12.1 Å². The molecular formula is C18H25FN4O3. The third-order valence-electron chi connectivity index (χ3n) is 4.03. The highest BCUT2D eigenvalue weighted by Gasteiger charge is 2.23. The molecule has 0 bridgehead atoms. The Hall–Kier alpha value is -2.48. The molecule has 2 rings (SSSR count). The zero-order chi connectivity index (χ0) is 19.1. The molecule has 0 saturated carbocycles. The Balaban J connectivity index is 1.72. The number of imide groups is 1. The molecule has 0 aliphatic carbocycles. The molecule has 4 amide bonds. The smallest absolute Gasteiger partial charge is 0.321 e. The normalized spacial score (nSPS) is 15.0. The summed E-state index contributed by atoms with van der Waals surface area (Å²) in [5.41, 5.74) is 0.773. The molecule has 26 heavy (non-hydrogen) atoms. The maximum absolute atomic E-state index is 12.9. The first kappa shape index (κ1) is 19.8. The summed E-state index contributed by atoms with van der Waals surface area (Å²) in [5.74, 6) is -0.707. The number of urea groups is 1. The minimum atomic E-state index is -0.502. The summed E-state index contributed by atoms with van der Waals surface area (Å²) in [6.07, 6.45) is 0.232. The second kappa shape index (κ2) is 9.28. The summed E-state index contributed by atoms with van der Waals surface area (Å²) in [7, 11) is 0. The SMILES string of the molecule is CC(C)NC(=O)NC(=O)CN1CCN(C(=O)Cc2ccc(F)cc2)CC1. The van der Waals surface area contributed by atoms with Crippen molar-refractivity contribution in [2.75, 3.05) is 32.7 Å². The van der Waals surface area contributed by atoms with E-state index in [-0.39, 0.29) is 36.6 Å². The monoisotopic (exact) mass is 364 g/mol. The predicted molar refractivity (Wildman–Crippen MR) is 94.9 cm³/mol. The van der Waals surface area contributed by atoms with E-state index in [2.05, 4.69) is 10.6 Å². The van der Waals surface area contributed by atoms with E-state index in [0.717, 1.165) is 5.56 Å². The highest BCUT2D eigenvalue weighted by atomic mass is 19.1. The molecule has 1 fully saturated rings. The lowest BCUT2D eigenvalue weighted by atomic mass is 10.1. The topological polar surface area (TPSA) is 81.8 Å². The Labute approximate surface area is 152 Å². The van der Waals surface area contributed by atoms with Crippen LogP contribution in [0.25, 0.3) is 0 Å². The number of hydrogen-bond donors (Lipinski definition) is 2. The van der Waals surface area contributed by atoms with E-state index in [1.165, 1.54) is 12.1 Å². The fourth-order valence-electron chi connectivity index (χ4n) is 2.71. The number of rotatable bonds is 5. The van der Waals surface area contributed by atoms with E-state index in [1.807, 2.05) is 18.7 Å². The van der Waals surface area contributed by atoms with Crippen molar-refractivity contribution in [3.8, 4) is 0 Å². The van der Waals surface area contributed by atoms with E-state index in [1.54, 1.807) is 17.0 Å². The molecule has 7 nitrogen and oxygen atoms in total. The Kier molecular flexibility index (Phi) is 7.08. The Bertz CT molecular complexity index is 640. The molecule has 0 aromatic heterocycles. The number of carbonyl (C=O) groups is 3. The van der Waals surface area contributed by atoms with Gasteiger partial charge >= 0.3 is 6.03 Å². The number of hydrogen-bond acceptors (Lipinski definition) is 4. The average molecular weight is 364 g/mol. The van der Waals surface area contributed by atoms with Gasteiger partial charge in [-0.25, -0.2) is 9.18 Å². The van der Waals surface area contributed by atoms with Crippen LogP contribution >= 0.6 is 0 Å². The van der Waals surface area contributed by atoms with Crippen molar-refractivity contribution >= 4 is 17.8 Å². The van der Waals surface area contributed by atoms with Crippen molar-refractivity contribution in [1.29, 1.82) is 0 Å². The van der Waals surface area contributed by atoms with E-state index in [0.29, 0.717) is 26.2 Å². The van der Waals surface area contributed by atoms with E-state index >= 15 is 0 Å². The van der Waals surface area contributed by atoms with Gasteiger partial charge in [-0.15, -0.1) is 0 Å². The molecule has 0 atom stereocenters. The molecule has 0 radical (unpaired) electrons. The van der Waals surface area contributed by atoms with Crippen molar-refractivity contribution in [3.63, 3.8) is 0 Å². The lowest BCUT2D eigenvalue weighted by Crippen LogP contribution is -2.52. The van der Waals surface area contributed by atoms with Crippen LogP contribution in [-0.2, 0) is 16.0 Å². The summed E-state index contributed by atoms with van der Waals surface area (Å²) in [4.78, 5) is 39.3. The lowest BCUT2D eigenvalue weighted by Gasteiger charge is -2.34. The average Bonchev–Trinajstić information content (AvgIpc) is 2.56. The third-order valence-corrected chi connectivity index (χ3v) is 4.03. The van der Waals surface area contributed by atoms with Gasteiger partial charge in [0.25, 0.3) is 0 Å². The number of carbonyl (C=O) groups excluding carboxylic acids is 3. The quantitative estimate of drug-likeness (QED) is 0.808. The molecular weight excluding hydrogens is 339 g/mol. The molecule has 1 heterocycles. The second-order valence-corrected chi connectivity index (χ2v) is 6.64. The van der Waals surface area contributed by atoms with Crippen LogP contribution in [0.1, 0.15) is 19.4 Å². The molecule has 1 aliphatic heterocycles. The highest BCUT2D eigenvalue weighted by Crippen LogP contribution is 2.08. The van der Waals surface area contributed by atoms with Crippen LogP contribution in [0.2, 0.25) is 0 Å². The first-order chi connectivity index (χ1) is 12.3. The maximum Gasteiger partial charge on any atom is 0.321 e. The fourth-order valence-corrected chi connectivity index (χ4v) is 2.71. The summed E-state index contributed by atoms with van der Waals surface area (Å²) >= 11 is 0. The molecule has 1 aromatic rings. The summed E-state index contributed by atoms with van der Waals surface area (Å²) < 4.78 is 12.9. The van der Waals surface area contributed by atoms with Crippen LogP contribution in [-0.4, -0.2) is 66.4 Å². The maximum atomic E-state index is 12.9.